The van der Waals surface area contributed by atoms with E-state index in [1.165, 1.54) is 0 Å². The number of nitrogens with one attached hydrogen (secondary N) is 1. The van der Waals surface area contributed by atoms with Gasteiger partial charge in [-0.25, -0.2) is 0 Å². The summed E-state index contributed by atoms with van der Waals surface area (Å²) < 4.78 is 11.2. The molecule has 144 valence electrons. The highest BCUT2D eigenvalue weighted by Gasteiger charge is 2.13. The van der Waals surface area contributed by atoms with Gasteiger partial charge in [0.2, 0.25) is 0 Å². The molecule has 0 spiro atoms. The predicted molar refractivity (Wildman–Crippen MR) is 113 cm³/mol. The minimum Gasteiger partial charge on any atom is -0.496 e. The van der Waals surface area contributed by atoms with Crippen LogP contribution in [0, 0.1) is 6.92 Å². The monoisotopic (exact) mass is 415 g/mol. The van der Waals surface area contributed by atoms with Crippen molar-refractivity contribution in [2.45, 2.75) is 13.5 Å². The van der Waals surface area contributed by atoms with Crippen LogP contribution in [0.15, 0.2) is 60.7 Å². The molecular weight excluding hydrogens is 397 g/mol. The minimum atomic E-state index is -0.302. The van der Waals surface area contributed by atoms with Gasteiger partial charge in [0.25, 0.3) is 5.91 Å². The van der Waals surface area contributed by atoms with Gasteiger partial charge in [-0.2, -0.15) is 0 Å². The first-order chi connectivity index (χ1) is 13.5. The maximum atomic E-state index is 12.7. The lowest BCUT2D eigenvalue weighted by Crippen LogP contribution is -2.13. The van der Waals surface area contributed by atoms with E-state index in [-0.39, 0.29) is 12.5 Å². The van der Waals surface area contributed by atoms with Crippen molar-refractivity contribution in [1.82, 2.24) is 0 Å². The second-order valence-corrected chi connectivity index (χ2v) is 6.97. The van der Waals surface area contributed by atoms with Crippen molar-refractivity contribution < 1.29 is 14.3 Å². The first-order valence-electron chi connectivity index (χ1n) is 8.59. The SMILES string of the molecule is COc1ccc(C(=O)Nc2cccc(Cl)c2Cl)cc1COc1cccc(C)c1. The van der Waals surface area contributed by atoms with Gasteiger partial charge in [0.1, 0.15) is 18.1 Å². The van der Waals surface area contributed by atoms with Crippen LogP contribution in [-0.2, 0) is 6.61 Å². The lowest BCUT2D eigenvalue weighted by Gasteiger charge is -2.13. The van der Waals surface area contributed by atoms with Crippen LogP contribution in [-0.4, -0.2) is 13.0 Å². The fraction of sp³-hybridized carbons (Fsp3) is 0.136. The number of methoxy groups -OCH3 is 1. The number of carbonyl (C=O) groups is 1. The van der Waals surface area contributed by atoms with E-state index in [1.807, 2.05) is 31.2 Å². The Labute approximate surface area is 174 Å². The molecule has 28 heavy (non-hydrogen) atoms. The summed E-state index contributed by atoms with van der Waals surface area (Å²) in [6, 6.07) is 18.0. The molecule has 1 N–H and O–H groups in total. The van der Waals surface area contributed by atoms with Crippen molar-refractivity contribution >= 4 is 34.8 Å². The van der Waals surface area contributed by atoms with Crippen LogP contribution in [0.5, 0.6) is 11.5 Å². The van der Waals surface area contributed by atoms with Gasteiger partial charge in [0.05, 0.1) is 22.8 Å². The average Bonchev–Trinajstić information content (AvgIpc) is 2.69. The Hall–Kier alpha value is -2.69. The number of benzene rings is 3. The van der Waals surface area contributed by atoms with Crippen LogP contribution in [0.25, 0.3) is 0 Å². The van der Waals surface area contributed by atoms with Gasteiger partial charge in [0.15, 0.2) is 0 Å². The fourth-order valence-corrected chi connectivity index (χ4v) is 3.04. The molecular formula is C22H19Cl2NO3. The van der Waals surface area contributed by atoms with Crippen molar-refractivity contribution in [3.05, 3.63) is 87.4 Å². The summed E-state index contributed by atoms with van der Waals surface area (Å²) in [7, 11) is 1.58. The van der Waals surface area contributed by atoms with Crippen LogP contribution in [0.2, 0.25) is 10.0 Å². The number of hydrogen-bond donors (Lipinski definition) is 1. The number of rotatable bonds is 6. The normalized spacial score (nSPS) is 10.4. The van der Waals surface area contributed by atoms with E-state index in [0.29, 0.717) is 27.0 Å². The Kier molecular flexibility index (Phi) is 6.45. The van der Waals surface area contributed by atoms with Gasteiger partial charge < -0.3 is 14.8 Å². The third kappa shape index (κ3) is 4.77. The molecule has 0 aromatic heterocycles. The lowest BCUT2D eigenvalue weighted by atomic mass is 10.1. The quantitative estimate of drug-likeness (QED) is 0.525. The number of hydrogen-bond acceptors (Lipinski definition) is 3. The molecule has 1 amide bonds. The Morgan fingerprint density at radius 3 is 2.57 bits per heavy atom. The molecule has 0 atom stereocenters. The Bertz CT molecular complexity index is 1000. The Balaban J connectivity index is 1.79. The van der Waals surface area contributed by atoms with Crippen LogP contribution >= 0.6 is 23.2 Å². The van der Waals surface area contributed by atoms with Gasteiger partial charge in [-0.05, 0) is 55.0 Å². The second-order valence-electron chi connectivity index (χ2n) is 6.19. The zero-order chi connectivity index (χ0) is 20.1. The number of anilines is 1. The molecule has 3 aromatic rings. The molecule has 0 unspecified atom stereocenters. The van der Waals surface area contributed by atoms with Gasteiger partial charge in [0, 0.05) is 11.1 Å². The Morgan fingerprint density at radius 2 is 1.82 bits per heavy atom. The number of carbonyl (C=O) groups excluding carboxylic acids is 1. The molecule has 0 radical (unpaired) electrons. The second kappa shape index (κ2) is 9.00. The van der Waals surface area contributed by atoms with Gasteiger partial charge >= 0.3 is 0 Å². The molecule has 0 heterocycles. The summed E-state index contributed by atoms with van der Waals surface area (Å²) in [6.45, 7) is 2.27. The van der Waals surface area contributed by atoms with Crippen LogP contribution < -0.4 is 14.8 Å². The van der Waals surface area contributed by atoms with E-state index >= 15 is 0 Å². The van der Waals surface area contributed by atoms with Crippen molar-refractivity contribution in [1.29, 1.82) is 0 Å². The summed E-state index contributed by atoms with van der Waals surface area (Å²) in [5.41, 5.74) is 2.78. The molecule has 0 fully saturated rings. The lowest BCUT2D eigenvalue weighted by molar-refractivity contribution is 0.102. The third-order valence-electron chi connectivity index (χ3n) is 4.13. The van der Waals surface area contributed by atoms with Crippen molar-refractivity contribution in [3.63, 3.8) is 0 Å². The van der Waals surface area contributed by atoms with Crippen molar-refractivity contribution in [2.24, 2.45) is 0 Å². The number of halogens is 2. The zero-order valence-corrected chi connectivity index (χ0v) is 17.0. The van der Waals surface area contributed by atoms with Crippen LogP contribution in [0.4, 0.5) is 5.69 Å². The van der Waals surface area contributed by atoms with Crippen molar-refractivity contribution in [3.8, 4) is 11.5 Å². The Morgan fingerprint density at radius 1 is 1.04 bits per heavy atom. The highest BCUT2D eigenvalue weighted by molar-refractivity contribution is 6.44. The molecule has 0 aliphatic rings. The first-order valence-corrected chi connectivity index (χ1v) is 9.35. The van der Waals surface area contributed by atoms with E-state index < -0.39 is 0 Å². The van der Waals surface area contributed by atoms with E-state index in [2.05, 4.69) is 5.32 Å². The number of aryl methyl sites for hydroxylation is 1. The fourth-order valence-electron chi connectivity index (χ4n) is 2.69. The van der Waals surface area contributed by atoms with Crippen LogP contribution in [0.1, 0.15) is 21.5 Å². The van der Waals surface area contributed by atoms with Crippen molar-refractivity contribution in [2.75, 3.05) is 12.4 Å². The maximum absolute atomic E-state index is 12.7. The smallest absolute Gasteiger partial charge is 0.255 e. The largest absolute Gasteiger partial charge is 0.496 e. The maximum Gasteiger partial charge on any atom is 0.255 e. The molecule has 0 aliphatic carbocycles. The molecule has 6 heteroatoms. The molecule has 3 rings (SSSR count). The average molecular weight is 416 g/mol. The molecule has 0 aliphatic heterocycles. The summed E-state index contributed by atoms with van der Waals surface area (Å²) in [6.07, 6.45) is 0. The summed E-state index contributed by atoms with van der Waals surface area (Å²) in [4.78, 5) is 12.7. The zero-order valence-electron chi connectivity index (χ0n) is 15.5. The topological polar surface area (TPSA) is 47.6 Å². The first kappa shape index (κ1) is 20.1. The van der Waals surface area contributed by atoms with E-state index in [9.17, 15) is 4.79 Å². The molecule has 0 saturated carbocycles. The number of ether oxygens (including phenoxy) is 2. The van der Waals surface area contributed by atoms with Gasteiger partial charge in [-0.15, -0.1) is 0 Å². The summed E-state index contributed by atoms with van der Waals surface area (Å²) in [5.74, 6) is 1.09. The molecule has 0 bridgehead atoms. The highest BCUT2D eigenvalue weighted by Crippen LogP contribution is 2.30. The summed E-state index contributed by atoms with van der Waals surface area (Å²) >= 11 is 12.1. The predicted octanol–water partition coefficient (Wildman–Crippen LogP) is 6.14. The number of amides is 1. The highest BCUT2D eigenvalue weighted by atomic mass is 35.5. The van der Waals surface area contributed by atoms with Gasteiger partial charge in [-0.3, -0.25) is 4.79 Å². The third-order valence-corrected chi connectivity index (χ3v) is 4.95. The van der Waals surface area contributed by atoms with E-state index in [1.54, 1.807) is 43.5 Å². The standard InChI is InChI=1S/C22H19Cl2NO3/c1-14-5-3-6-17(11-14)28-13-16-12-15(9-10-20(16)27-2)22(26)25-19-8-4-7-18(23)21(19)24/h3-12H,13H2,1-2H3,(H,25,26). The van der Waals surface area contributed by atoms with Gasteiger partial charge in [-0.1, -0.05) is 41.4 Å². The van der Waals surface area contributed by atoms with E-state index in [0.717, 1.165) is 16.9 Å². The van der Waals surface area contributed by atoms with E-state index in [4.69, 9.17) is 32.7 Å². The minimum absolute atomic E-state index is 0.270. The molecule has 3 aromatic carbocycles. The summed E-state index contributed by atoms with van der Waals surface area (Å²) in [5, 5.41) is 3.45. The van der Waals surface area contributed by atoms with Crippen LogP contribution in [0.3, 0.4) is 0 Å². The molecule has 0 saturated heterocycles. The molecule has 4 nitrogen and oxygen atoms in total.